The summed E-state index contributed by atoms with van der Waals surface area (Å²) >= 11 is 1.95. The largest absolute Gasteiger partial charge is 0.312 e. The van der Waals surface area contributed by atoms with Crippen molar-refractivity contribution in [2.75, 3.05) is 19.6 Å². The molecule has 0 fully saturated rings. The SMILES string of the molecule is CCN(Cc1cc(CNCC(C)C)sc1C)CC(C)C. The van der Waals surface area contributed by atoms with E-state index in [9.17, 15) is 0 Å². The maximum absolute atomic E-state index is 3.54. The molecule has 3 heteroatoms. The zero-order valence-electron chi connectivity index (χ0n) is 14.1. The Morgan fingerprint density at radius 1 is 1.20 bits per heavy atom. The standard InChI is InChI=1S/C17H32N2S/c1-7-19(11-14(4)5)12-16-8-17(20-15(16)6)10-18-9-13(2)3/h8,13-14,18H,7,9-12H2,1-6H3. The quantitative estimate of drug-likeness (QED) is 0.731. The molecule has 0 aliphatic carbocycles. The number of rotatable bonds is 9. The zero-order chi connectivity index (χ0) is 15.1. The van der Waals surface area contributed by atoms with Crippen LogP contribution >= 0.6 is 11.3 Å². The highest BCUT2D eigenvalue weighted by molar-refractivity contribution is 7.12. The highest BCUT2D eigenvalue weighted by atomic mass is 32.1. The molecule has 0 aliphatic rings. The van der Waals surface area contributed by atoms with Crippen LogP contribution in [0, 0.1) is 18.8 Å². The first-order valence-corrected chi connectivity index (χ1v) is 8.75. The van der Waals surface area contributed by atoms with Crippen molar-refractivity contribution in [3.8, 4) is 0 Å². The van der Waals surface area contributed by atoms with Gasteiger partial charge in [0.1, 0.15) is 0 Å². The molecule has 116 valence electrons. The Kier molecular flexibility index (Phi) is 7.78. The molecule has 20 heavy (non-hydrogen) atoms. The van der Waals surface area contributed by atoms with Gasteiger partial charge in [-0.05, 0) is 43.5 Å². The fourth-order valence-electron chi connectivity index (χ4n) is 2.38. The molecule has 0 saturated heterocycles. The van der Waals surface area contributed by atoms with Crippen LogP contribution in [0.3, 0.4) is 0 Å². The van der Waals surface area contributed by atoms with Crippen LogP contribution in [0.1, 0.15) is 49.9 Å². The van der Waals surface area contributed by atoms with E-state index in [4.69, 9.17) is 0 Å². The summed E-state index contributed by atoms with van der Waals surface area (Å²) in [5.74, 6) is 1.46. The smallest absolute Gasteiger partial charge is 0.0300 e. The van der Waals surface area contributed by atoms with Crippen LogP contribution in [0.2, 0.25) is 0 Å². The van der Waals surface area contributed by atoms with Gasteiger partial charge >= 0.3 is 0 Å². The summed E-state index contributed by atoms with van der Waals surface area (Å²) in [6.45, 7) is 19.1. The molecule has 0 unspecified atom stereocenters. The maximum Gasteiger partial charge on any atom is 0.0300 e. The molecule has 1 aromatic rings. The van der Waals surface area contributed by atoms with Crippen LogP contribution in [-0.4, -0.2) is 24.5 Å². The lowest BCUT2D eigenvalue weighted by atomic mass is 10.1. The fraction of sp³-hybridized carbons (Fsp3) is 0.765. The molecule has 0 atom stereocenters. The maximum atomic E-state index is 3.54. The number of nitrogens with zero attached hydrogens (tertiary/aromatic N) is 1. The van der Waals surface area contributed by atoms with E-state index in [2.05, 4.69) is 57.8 Å². The van der Waals surface area contributed by atoms with Gasteiger partial charge in [0, 0.05) is 29.4 Å². The van der Waals surface area contributed by atoms with Crippen LogP contribution in [0.15, 0.2) is 6.07 Å². The van der Waals surface area contributed by atoms with Gasteiger partial charge in [0.15, 0.2) is 0 Å². The van der Waals surface area contributed by atoms with Crippen molar-refractivity contribution in [1.29, 1.82) is 0 Å². The molecular weight excluding hydrogens is 264 g/mol. The van der Waals surface area contributed by atoms with Gasteiger partial charge in [0.2, 0.25) is 0 Å². The summed E-state index contributed by atoms with van der Waals surface area (Å²) in [7, 11) is 0. The number of hydrogen-bond acceptors (Lipinski definition) is 3. The molecule has 0 aromatic carbocycles. The molecule has 1 N–H and O–H groups in total. The van der Waals surface area contributed by atoms with Gasteiger partial charge < -0.3 is 5.32 Å². The highest BCUT2D eigenvalue weighted by Crippen LogP contribution is 2.23. The van der Waals surface area contributed by atoms with Crippen molar-refractivity contribution in [3.63, 3.8) is 0 Å². The second kappa shape index (κ2) is 8.81. The van der Waals surface area contributed by atoms with Gasteiger partial charge in [-0.3, -0.25) is 4.90 Å². The Morgan fingerprint density at radius 2 is 1.90 bits per heavy atom. The summed E-state index contributed by atoms with van der Waals surface area (Å²) in [5.41, 5.74) is 1.51. The van der Waals surface area contributed by atoms with Gasteiger partial charge in [-0.1, -0.05) is 34.6 Å². The van der Waals surface area contributed by atoms with Gasteiger partial charge in [0.05, 0.1) is 0 Å². The Bertz CT molecular complexity index is 382. The Labute approximate surface area is 129 Å². The predicted octanol–water partition coefficient (Wildman–Crippen LogP) is 4.28. The molecule has 0 amide bonds. The normalized spacial score (nSPS) is 12.1. The van der Waals surface area contributed by atoms with Crippen molar-refractivity contribution in [2.24, 2.45) is 11.8 Å². The lowest BCUT2D eigenvalue weighted by molar-refractivity contribution is 0.248. The van der Waals surface area contributed by atoms with Gasteiger partial charge in [-0.15, -0.1) is 11.3 Å². The lowest BCUT2D eigenvalue weighted by Gasteiger charge is -2.22. The molecule has 0 radical (unpaired) electrons. The van der Waals surface area contributed by atoms with E-state index < -0.39 is 0 Å². The van der Waals surface area contributed by atoms with E-state index in [-0.39, 0.29) is 0 Å². The van der Waals surface area contributed by atoms with E-state index in [0.29, 0.717) is 0 Å². The van der Waals surface area contributed by atoms with Crippen molar-refractivity contribution < 1.29 is 0 Å². The van der Waals surface area contributed by atoms with E-state index in [1.54, 1.807) is 0 Å². The zero-order valence-corrected chi connectivity index (χ0v) is 14.9. The molecule has 0 spiro atoms. The predicted molar refractivity (Wildman–Crippen MR) is 91.4 cm³/mol. The number of nitrogens with one attached hydrogen (secondary N) is 1. The molecule has 1 aromatic heterocycles. The molecule has 0 saturated carbocycles. The average Bonchev–Trinajstić information content (AvgIpc) is 2.68. The van der Waals surface area contributed by atoms with Crippen molar-refractivity contribution in [2.45, 2.75) is 54.6 Å². The molecule has 1 heterocycles. The Morgan fingerprint density at radius 3 is 2.45 bits per heavy atom. The minimum atomic E-state index is 0.720. The Hall–Kier alpha value is -0.380. The van der Waals surface area contributed by atoms with Crippen molar-refractivity contribution >= 4 is 11.3 Å². The number of thiophene rings is 1. The van der Waals surface area contributed by atoms with Gasteiger partial charge in [-0.25, -0.2) is 0 Å². The molecular formula is C17H32N2S. The summed E-state index contributed by atoms with van der Waals surface area (Å²) in [4.78, 5) is 5.50. The second-order valence-corrected chi connectivity index (χ2v) is 7.88. The Balaban J connectivity index is 2.55. The minimum Gasteiger partial charge on any atom is -0.312 e. The third kappa shape index (κ3) is 6.38. The minimum absolute atomic E-state index is 0.720. The van der Waals surface area contributed by atoms with Crippen molar-refractivity contribution in [1.82, 2.24) is 10.2 Å². The van der Waals surface area contributed by atoms with Crippen molar-refractivity contribution in [3.05, 3.63) is 21.4 Å². The molecule has 0 bridgehead atoms. The first-order valence-electron chi connectivity index (χ1n) is 7.93. The molecule has 2 nitrogen and oxygen atoms in total. The van der Waals surface area contributed by atoms with E-state index in [0.717, 1.165) is 38.0 Å². The lowest BCUT2D eigenvalue weighted by Crippen LogP contribution is -2.27. The molecule has 0 aliphatic heterocycles. The summed E-state index contributed by atoms with van der Waals surface area (Å²) in [6, 6.07) is 2.40. The summed E-state index contributed by atoms with van der Waals surface area (Å²) < 4.78 is 0. The summed E-state index contributed by atoms with van der Waals surface area (Å²) in [6.07, 6.45) is 0. The second-order valence-electron chi connectivity index (χ2n) is 6.54. The fourth-order valence-corrected chi connectivity index (χ4v) is 3.40. The number of aryl methyl sites for hydroxylation is 1. The van der Waals surface area contributed by atoms with Gasteiger partial charge in [0.25, 0.3) is 0 Å². The monoisotopic (exact) mass is 296 g/mol. The van der Waals surface area contributed by atoms with Crippen LogP contribution in [0.4, 0.5) is 0 Å². The van der Waals surface area contributed by atoms with Crippen LogP contribution in [-0.2, 0) is 13.1 Å². The third-order valence-corrected chi connectivity index (χ3v) is 4.48. The topological polar surface area (TPSA) is 15.3 Å². The highest BCUT2D eigenvalue weighted by Gasteiger charge is 2.11. The van der Waals surface area contributed by atoms with E-state index >= 15 is 0 Å². The van der Waals surface area contributed by atoms with E-state index in [1.807, 2.05) is 11.3 Å². The van der Waals surface area contributed by atoms with Crippen LogP contribution < -0.4 is 5.32 Å². The van der Waals surface area contributed by atoms with Crippen LogP contribution in [0.5, 0.6) is 0 Å². The first-order chi connectivity index (χ1) is 9.42. The average molecular weight is 297 g/mol. The summed E-state index contributed by atoms with van der Waals surface area (Å²) in [5, 5.41) is 3.54. The van der Waals surface area contributed by atoms with E-state index in [1.165, 1.54) is 21.9 Å². The van der Waals surface area contributed by atoms with Crippen LogP contribution in [0.25, 0.3) is 0 Å². The number of hydrogen-bond donors (Lipinski definition) is 1. The molecule has 1 rings (SSSR count). The van der Waals surface area contributed by atoms with Gasteiger partial charge in [-0.2, -0.15) is 0 Å². The first kappa shape index (κ1) is 17.7. The third-order valence-electron chi connectivity index (χ3n) is 3.39.